The van der Waals surface area contributed by atoms with Gasteiger partial charge in [0.05, 0.1) is 5.39 Å². The molecule has 1 aliphatic heterocycles. The lowest BCUT2D eigenvalue weighted by molar-refractivity contribution is -0.129. The highest BCUT2D eigenvalue weighted by atomic mass is 28.3. The molecule has 0 bridgehead atoms. The van der Waals surface area contributed by atoms with E-state index in [1.165, 1.54) is 12.7 Å². The molecule has 1 aliphatic carbocycles. The number of aromatic nitrogens is 3. The highest BCUT2D eigenvalue weighted by molar-refractivity contribution is 6.90. The predicted molar refractivity (Wildman–Crippen MR) is 209 cm³/mol. The number of carbonyl (C=O) groups is 2. The molecule has 2 amide bonds. The van der Waals surface area contributed by atoms with E-state index in [1.807, 2.05) is 16.7 Å². The molecule has 5 rings (SSSR count). The van der Waals surface area contributed by atoms with E-state index in [0.717, 1.165) is 37.3 Å². The van der Waals surface area contributed by atoms with Crippen LogP contribution in [0.3, 0.4) is 0 Å². The number of likely N-dealkylation sites (N-methyl/N-ethyl adjacent to an activating group) is 1. The maximum atomic E-state index is 14.1. The zero-order valence-electron chi connectivity index (χ0n) is 31.7. The van der Waals surface area contributed by atoms with Crippen LogP contribution in [-0.4, -0.2) is 85.6 Å². The number of rotatable bonds is 10. The van der Waals surface area contributed by atoms with Gasteiger partial charge in [-0.05, 0) is 73.6 Å². The highest BCUT2D eigenvalue weighted by Gasteiger charge is 2.41. The Kier molecular flexibility index (Phi) is 12.2. The third kappa shape index (κ3) is 8.64. The second-order valence-electron chi connectivity index (χ2n) is 15.2. The number of nitrogens with zero attached hydrogens (tertiary/aromatic N) is 5. The maximum absolute atomic E-state index is 14.1. The van der Waals surface area contributed by atoms with Crippen LogP contribution < -0.4 is 26.4 Å². The van der Waals surface area contributed by atoms with Gasteiger partial charge in [0.1, 0.15) is 20.1 Å². The number of piperazine rings is 1. The minimum atomic E-state index is -2.07. The summed E-state index contributed by atoms with van der Waals surface area (Å²) in [6.07, 6.45) is 4.38. The first-order chi connectivity index (χ1) is 24.3. The van der Waals surface area contributed by atoms with Crippen LogP contribution in [0.2, 0.25) is 16.6 Å². The molecule has 2 aromatic heterocycles. The van der Waals surface area contributed by atoms with E-state index in [-0.39, 0.29) is 35.9 Å². The monoisotopic (exact) mass is 712 g/mol. The number of pyridine rings is 1. The van der Waals surface area contributed by atoms with Crippen molar-refractivity contribution in [3.05, 3.63) is 52.4 Å². The standard InChI is InChI=1S/C39H56N8O3Si/c1-26(2)51(27(3)4,28(5)6)22-17-29-23-37(50)47(33-15-11-30(12-16-33)42-36(49)24-35(48)40-7)38-34(29)25-41-39(44-38)43-31-9-13-32(14-10-31)46-20-18-45(8)19-21-46/h9-10,13-14,23,25-28,30,33H,11-12,15-16,18-21,24H2,1-8H3,(H,40,48)(H,42,49)(H,41,43,44). The van der Waals surface area contributed by atoms with Crippen LogP contribution in [0.1, 0.15) is 85.3 Å². The Morgan fingerprint density at radius 1 is 0.922 bits per heavy atom. The highest BCUT2D eigenvalue weighted by Crippen LogP contribution is 2.41. The zero-order valence-corrected chi connectivity index (χ0v) is 32.7. The minimum absolute atomic E-state index is 0.0487. The molecule has 51 heavy (non-hydrogen) atoms. The number of anilines is 3. The molecule has 3 heterocycles. The fourth-order valence-corrected chi connectivity index (χ4v) is 13.4. The van der Waals surface area contributed by atoms with Gasteiger partial charge in [-0.1, -0.05) is 47.5 Å². The first-order valence-corrected chi connectivity index (χ1v) is 20.8. The van der Waals surface area contributed by atoms with Crippen molar-refractivity contribution in [2.24, 2.45) is 0 Å². The molecule has 12 heteroatoms. The van der Waals surface area contributed by atoms with Crippen LogP contribution in [0, 0.1) is 11.5 Å². The van der Waals surface area contributed by atoms with Gasteiger partial charge in [0, 0.05) is 74.5 Å². The molecule has 3 aromatic rings. The average molecular weight is 713 g/mol. The van der Waals surface area contributed by atoms with Crippen LogP contribution in [-0.2, 0) is 9.59 Å². The number of hydrogen-bond acceptors (Lipinski definition) is 8. The first-order valence-electron chi connectivity index (χ1n) is 18.6. The maximum Gasteiger partial charge on any atom is 0.253 e. The molecule has 0 unspecified atom stereocenters. The second-order valence-corrected chi connectivity index (χ2v) is 20.8. The summed E-state index contributed by atoms with van der Waals surface area (Å²) >= 11 is 0. The van der Waals surface area contributed by atoms with Gasteiger partial charge in [-0.3, -0.25) is 19.0 Å². The Balaban J connectivity index is 1.48. The molecule has 274 valence electrons. The van der Waals surface area contributed by atoms with E-state index in [2.05, 4.69) is 97.9 Å². The van der Waals surface area contributed by atoms with E-state index in [1.54, 1.807) is 12.3 Å². The summed E-state index contributed by atoms with van der Waals surface area (Å²) in [5.74, 6) is 3.33. The number of fused-ring (bicyclic) bond motifs is 1. The lowest BCUT2D eigenvalue weighted by Crippen LogP contribution is -2.44. The van der Waals surface area contributed by atoms with Crippen LogP contribution in [0.4, 0.5) is 17.3 Å². The lowest BCUT2D eigenvalue weighted by atomic mass is 9.90. The molecule has 1 saturated heterocycles. The topological polar surface area (TPSA) is 124 Å². The van der Waals surface area contributed by atoms with Crippen LogP contribution in [0.5, 0.6) is 0 Å². The molecule has 2 fully saturated rings. The number of benzene rings is 1. The Hall–Kier alpha value is -4.21. The van der Waals surface area contributed by atoms with Crippen molar-refractivity contribution >= 4 is 48.2 Å². The molecule has 3 N–H and O–H groups in total. The van der Waals surface area contributed by atoms with E-state index in [0.29, 0.717) is 59.5 Å². The zero-order chi connectivity index (χ0) is 36.9. The quantitative estimate of drug-likeness (QED) is 0.141. The molecular weight excluding hydrogens is 657 g/mol. The average Bonchev–Trinajstić information content (AvgIpc) is 3.09. The SMILES string of the molecule is CNC(=O)CC(=O)NC1CCC(n2c(=O)cc(C#C[Si](C(C)C)(C(C)C)C(C)C)c3cnc(Nc4ccc(N5CCN(C)CC5)cc4)nc32)CC1. The van der Waals surface area contributed by atoms with Gasteiger partial charge in [-0.2, -0.15) is 4.98 Å². The Morgan fingerprint density at radius 3 is 2.14 bits per heavy atom. The lowest BCUT2D eigenvalue weighted by Gasteiger charge is -2.38. The molecule has 2 aliphatic rings. The fraction of sp³-hybridized carbons (Fsp3) is 0.564. The van der Waals surface area contributed by atoms with Gasteiger partial charge >= 0.3 is 0 Å². The Morgan fingerprint density at radius 2 is 1.55 bits per heavy atom. The van der Waals surface area contributed by atoms with Crippen molar-refractivity contribution < 1.29 is 9.59 Å². The first kappa shape index (κ1) is 38.0. The smallest absolute Gasteiger partial charge is 0.253 e. The van der Waals surface area contributed by atoms with Gasteiger partial charge in [0.15, 0.2) is 0 Å². The molecule has 0 atom stereocenters. The van der Waals surface area contributed by atoms with E-state index >= 15 is 0 Å². The number of nitrogens with one attached hydrogen (secondary N) is 3. The third-order valence-electron chi connectivity index (χ3n) is 11.1. The van der Waals surface area contributed by atoms with Crippen molar-refractivity contribution in [1.29, 1.82) is 0 Å². The third-order valence-corrected chi connectivity index (χ3v) is 17.4. The summed E-state index contributed by atoms with van der Waals surface area (Å²) in [6, 6.07) is 9.85. The van der Waals surface area contributed by atoms with Crippen molar-refractivity contribution in [2.45, 2.75) is 102 Å². The molecule has 1 aromatic carbocycles. The van der Waals surface area contributed by atoms with Gasteiger partial charge in [0.2, 0.25) is 17.8 Å². The molecule has 0 spiro atoms. The van der Waals surface area contributed by atoms with Crippen LogP contribution in [0.15, 0.2) is 41.3 Å². The predicted octanol–water partition coefficient (Wildman–Crippen LogP) is 5.59. The molecule has 1 saturated carbocycles. The normalized spacial score (nSPS) is 18.5. The van der Waals surface area contributed by atoms with Crippen molar-refractivity contribution in [3.8, 4) is 11.5 Å². The van der Waals surface area contributed by atoms with Crippen LogP contribution >= 0.6 is 0 Å². The Bertz CT molecular complexity index is 1790. The van der Waals surface area contributed by atoms with Gasteiger partial charge < -0.3 is 25.8 Å². The summed E-state index contributed by atoms with van der Waals surface area (Å²) in [6.45, 7) is 17.8. The van der Waals surface area contributed by atoms with E-state index < -0.39 is 8.07 Å². The summed E-state index contributed by atoms with van der Waals surface area (Å²) in [4.78, 5) is 52.6. The van der Waals surface area contributed by atoms with Crippen molar-refractivity contribution in [3.63, 3.8) is 0 Å². The number of hydrogen-bond donors (Lipinski definition) is 3. The van der Waals surface area contributed by atoms with Crippen molar-refractivity contribution in [2.75, 3.05) is 50.5 Å². The summed E-state index contributed by atoms with van der Waals surface area (Å²) in [5, 5.41) is 9.63. The van der Waals surface area contributed by atoms with Gasteiger partial charge in [-0.15, -0.1) is 5.54 Å². The van der Waals surface area contributed by atoms with Gasteiger partial charge in [0.25, 0.3) is 5.56 Å². The van der Waals surface area contributed by atoms with Gasteiger partial charge in [-0.25, -0.2) is 4.98 Å². The summed E-state index contributed by atoms with van der Waals surface area (Å²) < 4.78 is 1.81. The number of carbonyl (C=O) groups excluding carboxylic acids is 2. The fourth-order valence-electron chi connectivity index (χ4n) is 8.19. The summed E-state index contributed by atoms with van der Waals surface area (Å²) in [7, 11) is 1.61. The largest absolute Gasteiger partial charge is 0.369 e. The van der Waals surface area contributed by atoms with E-state index in [9.17, 15) is 14.4 Å². The van der Waals surface area contributed by atoms with E-state index in [4.69, 9.17) is 9.97 Å². The Labute approximate surface area is 304 Å². The van der Waals surface area contributed by atoms with Crippen molar-refractivity contribution in [1.82, 2.24) is 30.1 Å². The molecule has 0 radical (unpaired) electrons. The summed E-state index contributed by atoms with van der Waals surface area (Å²) in [5.41, 5.74) is 8.32. The number of amides is 2. The van der Waals surface area contributed by atoms with Crippen LogP contribution in [0.25, 0.3) is 11.0 Å². The minimum Gasteiger partial charge on any atom is -0.369 e. The molecular formula is C39H56N8O3Si. The second kappa shape index (κ2) is 16.4. The molecule has 11 nitrogen and oxygen atoms in total.